The average Bonchev–Trinajstić information content (AvgIpc) is 1.72. The van der Waals surface area contributed by atoms with Crippen LogP contribution in [0, 0.1) is 0 Å². The second-order valence-electron chi connectivity index (χ2n) is 41.3. The summed E-state index contributed by atoms with van der Waals surface area (Å²) in [7, 11) is 15.0. The van der Waals surface area contributed by atoms with Crippen LogP contribution in [0.5, 0.6) is 63.2 Å². The highest BCUT2D eigenvalue weighted by Gasteiger charge is 2.39. The van der Waals surface area contributed by atoms with Gasteiger partial charge in [-0.1, -0.05) is 140 Å². The van der Waals surface area contributed by atoms with Crippen LogP contribution >= 0.6 is 0 Å². The number of hydrogen-bond acceptors (Lipinski definition) is 30. The highest BCUT2D eigenvalue weighted by molar-refractivity contribution is 5.46. The van der Waals surface area contributed by atoms with Crippen molar-refractivity contribution in [3.8, 4) is 63.2 Å². The van der Waals surface area contributed by atoms with E-state index in [0.29, 0.717) is 120 Å². The first kappa shape index (κ1) is 121. The summed E-state index contributed by atoms with van der Waals surface area (Å²) in [6.07, 6.45) is 26.6. The van der Waals surface area contributed by atoms with Crippen molar-refractivity contribution in [3.63, 3.8) is 0 Å². The lowest BCUT2D eigenvalue weighted by Crippen LogP contribution is -2.47. The molecule has 8 unspecified atom stereocenters. The summed E-state index contributed by atoms with van der Waals surface area (Å²) < 4.78 is 103. The first-order valence-corrected chi connectivity index (χ1v) is 55.3. The fourth-order valence-electron chi connectivity index (χ4n) is 20.9. The number of aliphatic hydroxyl groups excluding tert-OH is 5. The molecule has 0 bridgehead atoms. The third kappa shape index (κ3) is 42.8. The fourth-order valence-corrected chi connectivity index (χ4v) is 20.9. The van der Waals surface area contributed by atoms with Gasteiger partial charge >= 0.3 is 0 Å². The number of likely N-dealkylation sites (tertiary alicyclic amines) is 3. The summed E-state index contributed by atoms with van der Waals surface area (Å²) >= 11 is 0. The molecular weight excluding hydrogens is 1900 g/mol. The van der Waals surface area contributed by atoms with Crippen LogP contribution in [-0.4, -0.2) is 346 Å². The molecule has 7 fully saturated rings. The fraction of sp³-hybridized carbons (Fsp3) is 0.647. The van der Waals surface area contributed by atoms with E-state index in [-0.39, 0.29) is 69.1 Å². The summed E-state index contributed by atoms with van der Waals surface area (Å²) in [4.78, 5) is 7.64. The summed E-state index contributed by atoms with van der Waals surface area (Å²) in [6, 6.07) is 50.8. The van der Waals surface area contributed by atoms with Gasteiger partial charge in [0.25, 0.3) is 0 Å². The van der Waals surface area contributed by atoms with Gasteiger partial charge < -0.3 is 132 Å². The summed E-state index contributed by atoms with van der Waals surface area (Å²) in [6.45, 7) is 22.0. The maximum absolute atomic E-state index is 10.5. The molecule has 4 saturated carbocycles. The Morgan fingerprint density at radius 1 is 0.289 bits per heavy atom. The SMILES string of the molecule is COCCc1ccc(OCC(O)CNC2CCCC[C@@H]2OCCc2ccc(OC)c(OC)c2)cc1.COCCc1ccc(OCC(O)CN[C@@H]2CCN(C3CCCC[C@@H]3OCCc3ccc(OC)c(OC)c3)C2)cc1.COc1cc(CCO[C@H]2CCCCC2N2CC[C@@H](O)C2)ccc1OCC(O)CNC(C)C.COc1ccc(CCO[C@H]2CCCCC2N2CC[C@@H](OCCc3ccc(OCC(O)CNC(C)C)cc3)C2)cc1OC. The van der Waals surface area contributed by atoms with Crippen molar-refractivity contribution < 1.29 is 111 Å². The maximum Gasteiger partial charge on any atom is 0.161 e. The van der Waals surface area contributed by atoms with E-state index < -0.39 is 24.4 Å². The molecule has 3 heterocycles. The van der Waals surface area contributed by atoms with E-state index >= 15 is 0 Å². The van der Waals surface area contributed by atoms with Gasteiger partial charge in [0, 0.05) is 122 Å². The van der Waals surface area contributed by atoms with Gasteiger partial charge in [0.2, 0.25) is 0 Å². The van der Waals surface area contributed by atoms with E-state index in [4.69, 9.17) is 85.3 Å². The van der Waals surface area contributed by atoms with E-state index in [2.05, 4.69) is 74.1 Å². The van der Waals surface area contributed by atoms with Gasteiger partial charge in [0.1, 0.15) is 68.1 Å². The summed E-state index contributed by atoms with van der Waals surface area (Å²) in [5, 5.41) is 64.5. The Bertz CT molecular complexity index is 4760. The number of hydrogen-bond donors (Lipinski definition) is 9. The molecule has 4 aliphatic carbocycles. The minimum absolute atomic E-state index is 0.150. The van der Waals surface area contributed by atoms with Gasteiger partial charge in [0.05, 0.1) is 133 Å². The largest absolute Gasteiger partial charge is 0.493 e. The lowest BCUT2D eigenvalue weighted by molar-refractivity contribution is -0.0343. The zero-order chi connectivity index (χ0) is 106. The molecule has 15 atom stereocenters. The highest BCUT2D eigenvalue weighted by atomic mass is 16.5. The van der Waals surface area contributed by atoms with Crippen molar-refractivity contribution in [2.45, 2.75) is 298 Å². The number of nitrogens with zero attached hydrogens (tertiary/aromatic N) is 3. The molecule has 0 spiro atoms. The number of ether oxygens (including phenoxy) is 18. The molecule has 7 aliphatic rings. The van der Waals surface area contributed by atoms with Gasteiger partial charge in [-0.2, -0.15) is 0 Å². The zero-order valence-electron chi connectivity index (χ0n) is 91.8. The molecule has 7 aromatic rings. The topological polar surface area (TPSA) is 325 Å². The minimum Gasteiger partial charge on any atom is -0.493 e. The predicted octanol–water partition coefficient (Wildman–Crippen LogP) is 14.7. The number of rotatable bonds is 60. The Labute approximate surface area is 889 Å². The van der Waals surface area contributed by atoms with Crippen LogP contribution in [0.25, 0.3) is 0 Å². The summed E-state index contributed by atoms with van der Waals surface area (Å²) in [5.74, 6) is 8.14. The van der Waals surface area contributed by atoms with Crippen molar-refractivity contribution in [1.82, 2.24) is 36.0 Å². The lowest BCUT2D eigenvalue weighted by Gasteiger charge is -2.38. The van der Waals surface area contributed by atoms with Crippen LogP contribution < -0.4 is 73.4 Å². The molecule has 832 valence electrons. The van der Waals surface area contributed by atoms with Crippen LogP contribution in [0.4, 0.5) is 0 Å². The first-order chi connectivity index (χ1) is 72.6. The Morgan fingerprint density at radius 2 is 0.597 bits per heavy atom. The van der Waals surface area contributed by atoms with Crippen LogP contribution in [0.1, 0.15) is 189 Å². The molecule has 0 radical (unpaired) electrons. The number of nitrogens with one attached hydrogen (secondary N) is 4. The molecule has 3 saturated heterocycles. The van der Waals surface area contributed by atoms with E-state index in [1.165, 1.54) is 92.0 Å². The van der Waals surface area contributed by atoms with Gasteiger partial charge in [-0.3, -0.25) is 14.7 Å². The highest BCUT2D eigenvalue weighted by Crippen LogP contribution is 2.37. The molecule has 0 aromatic heterocycles. The van der Waals surface area contributed by atoms with Crippen LogP contribution in [0.2, 0.25) is 0 Å². The van der Waals surface area contributed by atoms with E-state index in [1.807, 2.05) is 135 Å². The van der Waals surface area contributed by atoms with Crippen molar-refractivity contribution in [3.05, 3.63) is 185 Å². The van der Waals surface area contributed by atoms with Crippen molar-refractivity contribution in [1.29, 1.82) is 0 Å². The lowest BCUT2D eigenvalue weighted by atomic mass is 9.91. The standard InChI is InChI=1S/C34H52N2O6.C32H48N2O6.C28H41NO6.C25H42N2O5/c1-25(2)35-22-28(37)24-42-29-12-9-26(10-13-29)16-19-40-30-15-18-36(23-30)31-7-5-6-8-32(31)41-20-17-27-11-14-33(38-3)34(21-27)39-4;1-36-18-15-24-8-11-28(12-9-24)40-23-27(35)21-33-26-14-17-34(22-26)29-6-4-5-7-30(29)39-19-16-25-10-13-31(37-2)32(20-25)38-3;1-31-16-14-21-8-11-24(12-9-21)35-20-23(30)19-29-25-6-4-5-7-26(25)34-17-15-22-10-13-27(32-2)28(18-22)33-3;1-18(2)26-15-21(29)17-32-24-9-8-19(14-25(24)30-3)11-13-31-23-7-5-4-6-22(23)27-12-10-20(28)16-27/h9-14,21,25,28,30-32,35,37H,5-8,15-20,22-24H2,1-4H3;8-13,20,26-27,29-30,33,35H,4-7,14-19,21-23H2,1-3H3;8-13,18,23,25-26,29-30H,4-7,14-17,19-20H2,1-3H3;8-9,14,18,20-23,26,28-29H,4-7,10-13,15-17H2,1-3H3/t28?,30-,31?,32+;26-,27?,29?,30+;23?,25?,26-;20-,21?,22?,23+/m1101/s1. The van der Waals surface area contributed by atoms with Crippen LogP contribution in [0.15, 0.2) is 146 Å². The molecule has 30 heteroatoms. The van der Waals surface area contributed by atoms with E-state index in [1.54, 1.807) is 64.0 Å². The smallest absolute Gasteiger partial charge is 0.161 e. The third-order valence-electron chi connectivity index (χ3n) is 29.4. The molecule has 0 amide bonds. The Kier molecular flexibility index (Phi) is 55.1. The first-order valence-electron chi connectivity index (χ1n) is 55.3. The number of β-amino-alcohol motifs (C(OH)–C–C–N with tert-alkyl or cyclic N) is 1. The van der Waals surface area contributed by atoms with E-state index in [0.717, 1.165) is 205 Å². The molecule has 149 heavy (non-hydrogen) atoms. The van der Waals surface area contributed by atoms with Crippen molar-refractivity contribution in [2.24, 2.45) is 0 Å². The van der Waals surface area contributed by atoms with E-state index in [9.17, 15) is 25.5 Å². The maximum atomic E-state index is 10.5. The zero-order valence-corrected chi connectivity index (χ0v) is 91.8. The number of aliphatic hydroxyl groups is 5. The second kappa shape index (κ2) is 68.0. The quantitative estimate of drug-likeness (QED) is 0.0171. The van der Waals surface area contributed by atoms with Crippen LogP contribution in [-0.2, 0) is 78.1 Å². The monoisotopic (exact) mass is 2080 g/mol. The van der Waals surface area contributed by atoms with Gasteiger partial charge in [-0.15, -0.1) is 0 Å². The third-order valence-corrected chi connectivity index (χ3v) is 29.4. The van der Waals surface area contributed by atoms with Crippen LogP contribution in [0.3, 0.4) is 0 Å². The number of methoxy groups -OCH3 is 9. The molecule has 7 aromatic carbocycles. The number of benzene rings is 7. The normalized spacial score (nSPS) is 22.0. The van der Waals surface area contributed by atoms with Crippen molar-refractivity contribution >= 4 is 0 Å². The minimum atomic E-state index is -0.586. The van der Waals surface area contributed by atoms with Gasteiger partial charge in [0.15, 0.2) is 46.0 Å². The van der Waals surface area contributed by atoms with Gasteiger partial charge in [-0.05, 0) is 239 Å². The second-order valence-corrected chi connectivity index (χ2v) is 41.3. The molecule has 9 N–H and O–H groups in total. The predicted molar refractivity (Wildman–Crippen MR) is 585 cm³/mol. The average molecular weight is 2080 g/mol. The Hall–Kier alpha value is -8.42. The Morgan fingerprint density at radius 3 is 0.987 bits per heavy atom. The molecular formula is C119H183N7O23. The summed E-state index contributed by atoms with van der Waals surface area (Å²) in [5.41, 5.74) is 8.33. The molecule has 14 rings (SSSR count). The Balaban J connectivity index is 0.000000190. The molecule has 30 nitrogen and oxygen atoms in total. The molecule has 3 aliphatic heterocycles. The van der Waals surface area contributed by atoms with Gasteiger partial charge in [-0.25, -0.2) is 0 Å². The van der Waals surface area contributed by atoms with Crippen molar-refractivity contribution in [2.75, 3.05) is 202 Å².